The van der Waals surface area contributed by atoms with E-state index >= 15 is 0 Å². The standard InChI is InChI=1S/C13H11Cl3F3N3O/c14-12(15,16)5-11(23,6-22-8-20-7-21-22)9-1-3-10(4-2-9)13(17,18)19/h1-4,7-8,23H,5-6H2. The van der Waals surface area contributed by atoms with Crippen LogP contribution in [0.15, 0.2) is 36.9 Å². The van der Waals surface area contributed by atoms with Gasteiger partial charge in [0.25, 0.3) is 0 Å². The molecule has 0 spiro atoms. The molecular formula is C13H11Cl3F3N3O. The summed E-state index contributed by atoms with van der Waals surface area (Å²) in [4.78, 5) is 3.74. The van der Waals surface area contributed by atoms with E-state index in [1.807, 2.05) is 0 Å². The van der Waals surface area contributed by atoms with Crippen molar-refractivity contribution in [2.45, 2.75) is 28.5 Å². The van der Waals surface area contributed by atoms with Gasteiger partial charge in [0, 0.05) is 6.42 Å². The van der Waals surface area contributed by atoms with Crippen LogP contribution in [0.2, 0.25) is 0 Å². The predicted octanol–water partition coefficient (Wildman–Crippen LogP) is 3.95. The monoisotopic (exact) mass is 387 g/mol. The first-order valence-corrected chi connectivity index (χ1v) is 7.42. The Morgan fingerprint density at radius 2 is 1.61 bits per heavy atom. The largest absolute Gasteiger partial charge is 0.416 e. The molecule has 126 valence electrons. The molecule has 0 bridgehead atoms. The highest BCUT2D eigenvalue weighted by molar-refractivity contribution is 6.67. The van der Waals surface area contributed by atoms with Gasteiger partial charge in [-0.25, -0.2) is 9.67 Å². The molecule has 0 aliphatic carbocycles. The SMILES string of the molecule is OC(Cn1cncn1)(CC(Cl)(Cl)Cl)c1ccc(C(F)(F)F)cc1. The lowest BCUT2D eigenvalue weighted by Gasteiger charge is -2.31. The number of benzene rings is 1. The van der Waals surface area contributed by atoms with Gasteiger partial charge in [0.15, 0.2) is 3.79 Å². The Labute approximate surface area is 144 Å². The van der Waals surface area contributed by atoms with Crippen LogP contribution in [0.4, 0.5) is 13.2 Å². The summed E-state index contributed by atoms with van der Waals surface area (Å²) in [5.41, 5.74) is -2.39. The average Bonchev–Trinajstić information content (AvgIpc) is 2.88. The molecule has 0 amide bonds. The Bertz CT molecular complexity index is 641. The molecule has 0 saturated heterocycles. The first kappa shape index (κ1) is 18.3. The Morgan fingerprint density at radius 3 is 2.04 bits per heavy atom. The molecule has 2 rings (SSSR count). The van der Waals surface area contributed by atoms with Crippen molar-refractivity contribution in [3.63, 3.8) is 0 Å². The molecule has 1 atom stereocenters. The minimum Gasteiger partial charge on any atom is -0.383 e. The number of alkyl halides is 6. The molecule has 4 nitrogen and oxygen atoms in total. The zero-order valence-electron chi connectivity index (χ0n) is 11.4. The summed E-state index contributed by atoms with van der Waals surface area (Å²) < 4.78 is 37.4. The van der Waals surface area contributed by atoms with E-state index in [4.69, 9.17) is 34.8 Å². The normalized spacial score (nSPS) is 15.4. The van der Waals surface area contributed by atoms with Crippen molar-refractivity contribution in [2.24, 2.45) is 0 Å². The van der Waals surface area contributed by atoms with Crippen LogP contribution in [-0.2, 0) is 18.3 Å². The van der Waals surface area contributed by atoms with Crippen LogP contribution >= 0.6 is 34.8 Å². The summed E-state index contributed by atoms with van der Waals surface area (Å²) >= 11 is 17.3. The van der Waals surface area contributed by atoms with Crippen molar-refractivity contribution in [1.29, 1.82) is 0 Å². The third kappa shape index (κ3) is 4.97. The number of nitrogens with zero attached hydrogens (tertiary/aromatic N) is 3. The van der Waals surface area contributed by atoms with E-state index in [1.165, 1.54) is 17.3 Å². The van der Waals surface area contributed by atoms with Gasteiger partial charge in [0.1, 0.15) is 18.3 Å². The molecule has 1 aromatic heterocycles. The lowest BCUT2D eigenvalue weighted by Crippen LogP contribution is -2.36. The van der Waals surface area contributed by atoms with E-state index in [2.05, 4.69) is 10.1 Å². The topological polar surface area (TPSA) is 50.9 Å². The predicted molar refractivity (Wildman–Crippen MR) is 80.3 cm³/mol. The minimum atomic E-state index is -4.47. The highest BCUT2D eigenvalue weighted by atomic mass is 35.6. The zero-order valence-corrected chi connectivity index (χ0v) is 13.7. The minimum absolute atomic E-state index is 0.133. The first-order chi connectivity index (χ1) is 10.5. The molecule has 1 unspecified atom stereocenters. The fraction of sp³-hybridized carbons (Fsp3) is 0.385. The molecule has 0 saturated carbocycles. The Morgan fingerprint density at radius 1 is 1.04 bits per heavy atom. The molecule has 0 radical (unpaired) electrons. The van der Waals surface area contributed by atoms with E-state index < -0.39 is 21.1 Å². The van der Waals surface area contributed by atoms with E-state index in [-0.39, 0.29) is 18.5 Å². The van der Waals surface area contributed by atoms with Crippen molar-refractivity contribution in [1.82, 2.24) is 14.8 Å². The first-order valence-electron chi connectivity index (χ1n) is 6.29. The summed E-state index contributed by atoms with van der Waals surface area (Å²) in [6.45, 7) is -0.133. The van der Waals surface area contributed by atoms with Crippen molar-refractivity contribution < 1.29 is 18.3 Å². The van der Waals surface area contributed by atoms with Gasteiger partial charge in [0.2, 0.25) is 0 Å². The van der Waals surface area contributed by atoms with E-state index in [0.29, 0.717) is 0 Å². The summed E-state index contributed by atoms with van der Waals surface area (Å²) in [6, 6.07) is 4.02. The highest BCUT2D eigenvalue weighted by Gasteiger charge is 2.39. The molecule has 1 heterocycles. The molecule has 23 heavy (non-hydrogen) atoms. The van der Waals surface area contributed by atoms with E-state index in [1.54, 1.807) is 0 Å². The quantitative estimate of drug-likeness (QED) is 0.807. The van der Waals surface area contributed by atoms with Crippen LogP contribution in [0.1, 0.15) is 17.5 Å². The van der Waals surface area contributed by atoms with Crippen LogP contribution < -0.4 is 0 Å². The van der Waals surface area contributed by atoms with Crippen LogP contribution in [0.5, 0.6) is 0 Å². The van der Waals surface area contributed by atoms with Crippen molar-refractivity contribution in [3.8, 4) is 0 Å². The van der Waals surface area contributed by atoms with Crippen molar-refractivity contribution in [2.75, 3.05) is 0 Å². The van der Waals surface area contributed by atoms with Gasteiger partial charge in [0.05, 0.1) is 12.1 Å². The van der Waals surface area contributed by atoms with E-state index in [9.17, 15) is 18.3 Å². The van der Waals surface area contributed by atoms with Crippen molar-refractivity contribution in [3.05, 3.63) is 48.0 Å². The molecule has 0 aliphatic heterocycles. The summed E-state index contributed by atoms with van der Waals surface area (Å²) in [7, 11) is 0. The van der Waals surface area contributed by atoms with Gasteiger partial charge in [-0.2, -0.15) is 18.3 Å². The summed E-state index contributed by atoms with van der Waals surface area (Å²) in [5.74, 6) is 0. The third-order valence-corrected chi connectivity index (χ3v) is 3.53. The molecule has 2 aromatic rings. The number of rotatable bonds is 4. The molecule has 0 fully saturated rings. The maximum Gasteiger partial charge on any atom is 0.416 e. The Balaban J connectivity index is 2.36. The zero-order chi connectivity index (χ0) is 17.3. The molecule has 10 heteroatoms. The Kier molecular flexibility index (Phi) is 5.15. The molecule has 1 aromatic carbocycles. The fourth-order valence-electron chi connectivity index (χ4n) is 2.13. The van der Waals surface area contributed by atoms with Gasteiger partial charge in [-0.1, -0.05) is 46.9 Å². The van der Waals surface area contributed by atoms with Gasteiger partial charge < -0.3 is 5.11 Å². The van der Waals surface area contributed by atoms with Gasteiger partial charge >= 0.3 is 6.18 Å². The van der Waals surface area contributed by atoms with E-state index in [0.717, 1.165) is 24.3 Å². The number of aromatic nitrogens is 3. The summed E-state index contributed by atoms with van der Waals surface area (Å²) in [6.07, 6.45) is -2.22. The molecule has 0 aliphatic rings. The van der Waals surface area contributed by atoms with Crippen LogP contribution in [0.3, 0.4) is 0 Å². The fourth-order valence-corrected chi connectivity index (χ4v) is 2.80. The van der Waals surface area contributed by atoms with Crippen molar-refractivity contribution >= 4 is 34.8 Å². The average molecular weight is 389 g/mol. The highest BCUT2D eigenvalue weighted by Crippen LogP contribution is 2.41. The number of halogens is 6. The smallest absolute Gasteiger partial charge is 0.383 e. The second kappa shape index (κ2) is 6.47. The van der Waals surface area contributed by atoms with Gasteiger partial charge in [-0.3, -0.25) is 0 Å². The van der Waals surface area contributed by atoms with Crippen LogP contribution in [0.25, 0.3) is 0 Å². The van der Waals surface area contributed by atoms with Gasteiger partial charge in [-0.15, -0.1) is 0 Å². The third-order valence-electron chi connectivity index (χ3n) is 3.13. The second-order valence-corrected chi connectivity index (χ2v) is 7.51. The summed E-state index contributed by atoms with van der Waals surface area (Å²) in [5, 5.41) is 14.7. The Hall–Kier alpha value is -1.02. The number of aliphatic hydroxyl groups is 1. The van der Waals surface area contributed by atoms with Gasteiger partial charge in [-0.05, 0) is 17.7 Å². The van der Waals surface area contributed by atoms with Crippen LogP contribution in [-0.4, -0.2) is 23.7 Å². The number of hydrogen-bond donors (Lipinski definition) is 1. The maximum absolute atomic E-state index is 12.6. The number of hydrogen-bond acceptors (Lipinski definition) is 3. The second-order valence-electron chi connectivity index (χ2n) is 4.99. The maximum atomic E-state index is 12.6. The lowest BCUT2D eigenvalue weighted by atomic mass is 9.90. The molecular weight excluding hydrogens is 378 g/mol. The molecule has 1 N–H and O–H groups in total. The lowest BCUT2D eigenvalue weighted by molar-refractivity contribution is -0.137. The van der Waals surface area contributed by atoms with Crippen LogP contribution in [0, 0.1) is 0 Å².